The lowest BCUT2D eigenvalue weighted by Gasteiger charge is -2.11. The van der Waals surface area contributed by atoms with Crippen LogP contribution in [-0.4, -0.2) is 28.2 Å². The Morgan fingerprint density at radius 1 is 1.73 bits per heavy atom. The Kier molecular flexibility index (Phi) is 3.05. The molecule has 1 heterocycles. The van der Waals surface area contributed by atoms with Gasteiger partial charge in [0.1, 0.15) is 5.02 Å². The van der Waals surface area contributed by atoms with E-state index in [9.17, 15) is 14.9 Å². The Balaban J connectivity index is 3.35. The van der Waals surface area contributed by atoms with Crippen molar-refractivity contribution in [2.24, 2.45) is 0 Å². The lowest BCUT2D eigenvalue weighted by atomic mass is 10.4. The molecule has 0 aliphatic rings. The summed E-state index contributed by atoms with van der Waals surface area (Å²) in [6.45, 7) is 0. The van der Waals surface area contributed by atoms with Gasteiger partial charge in [-0.15, -0.1) is 0 Å². The zero-order valence-corrected chi connectivity index (χ0v) is 8.30. The number of nitrogens with zero attached hydrogens (tertiary/aromatic N) is 3. The third-order valence-electron chi connectivity index (χ3n) is 1.64. The summed E-state index contributed by atoms with van der Waals surface area (Å²) in [5, 5.41) is 19.1. The Morgan fingerprint density at radius 3 is 2.80 bits per heavy atom. The van der Waals surface area contributed by atoms with E-state index in [2.05, 4.69) is 4.98 Å². The fourth-order valence-corrected chi connectivity index (χ4v) is 1.13. The van der Waals surface area contributed by atoms with Crippen LogP contribution >= 0.6 is 11.6 Å². The summed E-state index contributed by atoms with van der Waals surface area (Å²) in [7, 11) is 1.15. The second-order valence-corrected chi connectivity index (χ2v) is 2.97. The van der Waals surface area contributed by atoms with Gasteiger partial charge in [-0.2, -0.15) is 0 Å². The van der Waals surface area contributed by atoms with Crippen LogP contribution in [0.25, 0.3) is 0 Å². The van der Waals surface area contributed by atoms with Gasteiger partial charge in [0.15, 0.2) is 0 Å². The highest BCUT2D eigenvalue weighted by atomic mass is 35.5. The van der Waals surface area contributed by atoms with Gasteiger partial charge in [0.05, 0.1) is 4.92 Å². The summed E-state index contributed by atoms with van der Waals surface area (Å²) in [5.41, 5.74) is -0.524. The first-order valence-corrected chi connectivity index (χ1v) is 4.08. The van der Waals surface area contributed by atoms with Gasteiger partial charge in [0.2, 0.25) is 5.82 Å². The maximum absolute atomic E-state index is 10.6. The molecular formula is C7H6ClN3O4. The van der Waals surface area contributed by atoms with E-state index < -0.39 is 16.7 Å². The van der Waals surface area contributed by atoms with Crippen LogP contribution in [0.1, 0.15) is 0 Å². The van der Waals surface area contributed by atoms with Crippen LogP contribution in [0.3, 0.4) is 0 Å². The Morgan fingerprint density at radius 2 is 2.33 bits per heavy atom. The molecule has 1 aromatic rings. The Bertz CT molecular complexity index is 423. The predicted molar refractivity (Wildman–Crippen MR) is 52.3 cm³/mol. The third-order valence-corrected chi connectivity index (χ3v) is 1.95. The number of carbonyl (C=O) groups is 1. The van der Waals surface area contributed by atoms with Crippen LogP contribution in [-0.2, 0) is 0 Å². The number of amides is 1. The molecular weight excluding hydrogens is 226 g/mol. The van der Waals surface area contributed by atoms with E-state index in [-0.39, 0.29) is 10.8 Å². The summed E-state index contributed by atoms with van der Waals surface area (Å²) < 4.78 is 0. The van der Waals surface area contributed by atoms with Gasteiger partial charge in [-0.05, 0) is 6.07 Å². The van der Waals surface area contributed by atoms with Crippen LogP contribution in [0.5, 0.6) is 0 Å². The molecule has 1 N–H and O–H groups in total. The van der Waals surface area contributed by atoms with Crippen LogP contribution in [0.2, 0.25) is 5.02 Å². The minimum Gasteiger partial charge on any atom is -0.465 e. The van der Waals surface area contributed by atoms with Gasteiger partial charge in [-0.3, -0.25) is 15.0 Å². The average molecular weight is 232 g/mol. The molecule has 0 aromatic carbocycles. The van der Waals surface area contributed by atoms with E-state index in [0.29, 0.717) is 4.90 Å². The normalized spacial score (nSPS) is 9.73. The second kappa shape index (κ2) is 4.09. The van der Waals surface area contributed by atoms with Crippen molar-refractivity contribution in [1.82, 2.24) is 4.98 Å². The maximum atomic E-state index is 10.6. The minimum atomic E-state index is -1.35. The second-order valence-electron chi connectivity index (χ2n) is 2.56. The SMILES string of the molecule is CN(C(=O)O)c1nccc(Cl)c1[N+](=O)[O-]. The number of aromatic nitrogens is 1. The number of hydrogen-bond donors (Lipinski definition) is 1. The molecule has 0 radical (unpaired) electrons. The minimum absolute atomic E-state index is 0.155. The van der Waals surface area contributed by atoms with E-state index in [4.69, 9.17) is 16.7 Å². The van der Waals surface area contributed by atoms with Crippen molar-refractivity contribution in [3.8, 4) is 0 Å². The molecule has 1 rings (SSSR count). The third kappa shape index (κ3) is 2.13. The number of anilines is 1. The first-order chi connectivity index (χ1) is 6.95. The van der Waals surface area contributed by atoms with Gasteiger partial charge in [-0.1, -0.05) is 11.6 Å². The highest BCUT2D eigenvalue weighted by molar-refractivity contribution is 6.33. The van der Waals surface area contributed by atoms with Crippen LogP contribution < -0.4 is 4.90 Å². The molecule has 0 fully saturated rings. The lowest BCUT2D eigenvalue weighted by Crippen LogP contribution is -2.25. The first kappa shape index (κ1) is 11.2. The van der Waals surface area contributed by atoms with Gasteiger partial charge in [0.25, 0.3) is 0 Å². The molecule has 80 valence electrons. The van der Waals surface area contributed by atoms with Crippen molar-refractivity contribution in [2.75, 3.05) is 11.9 Å². The first-order valence-electron chi connectivity index (χ1n) is 3.70. The molecule has 8 heteroatoms. The largest absolute Gasteiger partial charge is 0.465 e. The number of halogens is 1. The maximum Gasteiger partial charge on any atom is 0.412 e. The molecule has 1 aromatic heterocycles. The van der Waals surface area contributed by atoms with Crippen LogP contribution in [0.4, 0.5) is 16.3 Å². The molecule has 0 spiro atoms. The standard InChI is InChI=1S/C7H6ClN3O4/c1-10(7(12)13)6-5(11(14)15)4(8)2-3-9-6/h2-3H,1H3,(H,12,13). The molecule has 0 unspecified atom stereocenters. The Hall–Kier alpha value is -1.89. The molecule has 1 amide bonds. The van der Waals surface area contributed by atoms with E-state index in [1.165, 1.54) is 12.3 Å². The molecule has 0 aliphatic carbocycles. The van der Waals surface area contributed by atoms with Crippen molar-refractivity contribution >= 4 is 29.2 Å². The fourth-order valence-electron chi connectivity index (χ4n) is 0.925. The van der Waals surface area contributed by atoms with Crippen molar-refractivity contribution in [3.05, 3.63) is 27.4 Å². The summed E-state index contributed by atoms with van der Waals surface area (Å²) >= 11 is 5.57. The highest BCUT2D eigenvalue weighted by Crippen LogP contribution is 2.32. The smallest absolute Gasteiger partial charge is 0.412 e. The fraction of sp³-hybridized carbons (Fsp3) is 0.143. The van der Waals surface area contributed by atoms with E-state index in [1.54, 1.807) is 0 Å². The van der Waals surface area contributed by atoms with Crippen molar-refractivity contribution in [3.63, 3.8) is 0 Å². The van der Waals surface area contributed by atoms with Gasteiger partial charge in [0, 0.05) is 13.2 Å². The Labute approximate surface area is 89.1 Å². The molecule has 0 atom stereocenters. The van der Waals surface area contributed by atoms with Crippen LogP contribution in [0.15, 0.2) is 12.3 Å². The molecule has 7 nitrogen and oxygen atoms in total. The predicted octanol–water partition coefficient (Wildman–Crippen LogP) is 1.76. The van der Waals surface area contributed by atoms with Crippen molar-refractivity contribution in [1.29, 1.82) is 0 Å². The molecule has 0 saturated heterocycles. The number of pyridine rings is 1. The summed E-state index contributed by atoms with van der Waals surface area (Å²) in [4.78, 5) is 24.7. The topological polar surface area (TPSA) is 96.6 Å². The molecule has 0 bridgehead atoms. The van der Waals surface area contributed by atoms with Crippen molar-refractivity contribution in [2.45, 2.75) is 0 Å². The molecule has 15 heavy (non-hydrogen) atoms. The zero-order chi connectivity index (χ0) is 11.6. The van der Waals surface area contributed by atoms with Crippen LogP contribution in [0, 0.1) is 10.1 Å². The lowest BCUT2D eigenvalue weighted by molar-refractivity contribution is -0.384. The van der Waals surface area contributed by atoms with Gasteiger partial charge in [-0.25, -0.2) is 9.78 Å². The van der Waals surface area contributed by atoms with Crippen molar-refractivity contribution < 1.29 is 14.8 Å². The van der Waals surface area contributed by atoms with E-state index in [0.717, 1.165) is 7.05 Å². The molecule has 0 saturated carbocycles. The van der Waals surface area contributed by atoms with Gasteiger partial charge < -0.3 is 5.11 Å². The summed E-state index contributed by atoms with van der Waals surface area (Å²) in [6, 6.07) is 1.22. The van der Waals surface area contributed by atoms with E-state index >= 15 is 0 Å². The average Bonchev–Trinajstić information content (AvgIpc) is 2.15. The quantitative estimate of drug-likeness (QED) is 0.618. The number of carboxylic acid groups (broad SMARTS) is 1. The highest BCUT2D eigenvalue weighted by Gasteiger charge is 2.25. The summed E-state index contributed by atoms with van der Waals surface area (Å²) in [6.07, 6.45) is -0.155. The van der Waals surface area contributed by atoms with Gasteiger partial charge >= 0.3 is 11.8 Å². The number of nitro groups is 1. The zero-order valence-electron chi connectivity index (χ0n) is 7.55. The summed E-state index contributed by atoms with van der Waals surface area (Å²) in [5.74, 6) is -0.306. The number of rotatable bonds is 2. The monoisotopic (exact) mass is 231 g/mol. The number of hydrogen-bond acceptors (Lipinski definition) is 4. The van der Waals surface area contributed by atoms with E-state index in [1.807, 2.05) is 0 Å². The molecule has 0 aliphatic heterocycles.